The molecule has 0 saturated heterocycles. The van der Waals surface area contributed by atoms with Gasteiger partial charge in [-0.05, 0) is 24.3 Å². The number of hydrazone groups is 1. The van der Waals surface area contributed by atoms with E-state index in [0.29, 0.717) is 33.4 Å². The maximum atomic E-state index is 13.9. The Morgan fingerprint density at radius 3 is 2.86 bits per heavy atom. The van der Waals surface area contributed by atoms with Gasteiger partial charge in [0.05, 0.1) is 25.1 Å². The van der Waals surface area contributed by atoms with Crippen molar-refractivity contribution in [3.8, 4) is 0 Å². The second kappa shape index (κ2) is 9.25. The summed E-state index contributed by atoms with van der Waals surface area (Å²) in [5.41, 5.74) is 5.11. The Labute approximate surface area is 172 Å². The minimum Gasteiger partial charge on any atom is -0.464 e. The van der Waals surface area contributed by atoms with Crippen LogP contribution in [0.1, 0.15) is 17.5 Å². The maximum Gasteiger partial charge on any atom is 0.354 e. The summed E-state index contributed by atoms with van der Waals surface area (Å²) in [5.74, 6) is -0.605. The van der Waals surface area contributed by atoms with E-state index >= 15 is 0 Å². The van der Waals surface area contributed by atoms with Gasteiger partial charge in [0, 0.05) is 22.6 Å². The van der Waals surface area contributed by atoms with Gasteiger partial charge < -0.3 is 4.74 Å². The minimum atomic E-state index is -0.575. The molecule has 1 heterocycles. The molecule has 0 atom stereocenters. The fraction of sp³-hybridized carbons (Fsp3) is 0.143. The number of hydrogen-bond donors (Lipinski definition) is 1. The number of nitrogens with one attached hydrogen (secondary N) is 1. The first kappa shape index (κ1) is 20.4. The summed E-state index contributed by atoms with van der Waals surface area (Å²) in [7, 11) is 1.27. The Hall–Kier alpha value is -3.32. The summed E-state index contributed by atoms with van der Waals surface area (Å²) in [6, 6.07) is 11.4. The summed E-state index contributed by atoms with van der Waals surface area (Å²) in [4.78, 5) is 20.9. The molecular weight excluding hydrogens is 395 g/mol. The Morgan fingerprint density at radius 1 is 1.34 bits per heavy atom. The lowest BCUT2D eigenvalue weighted by Crippen LogP contribution is -2.25. The normalized spacial score (nSPS) is 13.6. The van der Waals surface area contributed by atoms with Crippen molar-refractivity contribution >= 4 is 40.5 Å². The molecule has 6 nitrogen and oxygen atoms in total. The number of allylic oxidation sites excluding steroid dienone is 1. The topological polar surface area (TPSA) is 75.4 Å². The first-order valence-electron chi connectivity index (χ1n) is 8.72. The highest BCUT2D eigenvalue weighted by Gasteiger charge is 2.19. The van der Waals surface area contributed by atoms with Gasteiger partial charge in [0.1, 0.15) is 17.4 Å². The average molecular weight is 413 g/mol. The number of amidine groups is 1. The fourth-order valence-electron chi connectivity index (χ4n) is 2.72. The van der Waals surface area contributed by atoms with Crippen LogP contribution in [0.2, 0.25) is 5.02 Å². The standard InChI is InChI=1S/C21H18ClFN4O2/c1-3-6-18(21(28)29-2)26-27-19-12-24-20(14-7-4-5-8-16(14)22)15-11-13(23)9-10-17(15)25-19/h3-5,7-11H,1,6,12H2,2H3,(H,25,27)/b26-18+. The van der Waals surface area contributed by atoms with Gasteiger partial charge >= 0.3 is 5.97 Å². The smallest absolute Gasteiger partial charge is 0.354 e. The zero-order chi connectivity index (χ0) is 20.8. The monoisotopic (exact) mass is 412 g/mol. The second-order valence-electron chi connectivity index (χ2n) is 6.02. The molecule has 1 aliphatic rings. The molecular formula is C21H18ClFN4O2. The molecule has 0 amide bonds. The number of halogens is 2. The van der Waals surface area contributed by atoms with E-state index < -0.39 is 11.8 Å². The van der Waals surface area contributed by atoms with E-state index in [-0.39, 0.29) is 18.7 Å². The second-order valence-corrected chi connectivity index (χ2v) is 6.43. The van der Waals surface area contributed by atoms with Crippen molar-refractivity contribution in [2.45, 2.75) is 6.42 Å². The largest absolute Gasteiger partial charge is 0.464 e. The molecule has 1 aliphatic heterocycles. The number of carbonyl (C=O) groups excluding carboxylic acids is 1. The SMILES string of the molecule is C=CC/C(=N\NC1=Nc2ccc(F)cc2C(c2ccccc2Cl)=NC1)C(=O)OC. The summed E-state index contributed by atoms with van der Waals surface area (Å²) in [6.45, 7) is 3.73. The van der Waals surface area contributed by atoms with Crippen LogP contribution in [-0.4, -0.2) is 36.9 Å². The molecule has 0 aliphatic carbocycles. The fourth-order valence-corrected chi connectivity index (χ4v) is 2.95. The zero-order valence-electron chi connectivity index (χ0n) is 15.7. The number of aliphatic imine (C=N–C) groups is 2. The van der Waals surface area contributed by atoms with Gasteiger partial charge in [-0.15, -0.1) is 6.58 Å². The van der Waals surface area contributed by atoms with Crippen LogP contribution < -0.4 is 5.43 Å². The highest BCUT2D eigenvalue weighted by Crippen LogP contribution is 2.28. The molecule has 148 valence electrons. The van der Waals surface area contributed by atoms with Crippen LogP contribution in [0.3, 0.4) is 0 Å². The molecule has 0 aromatic heterocycles. The van der Waals surface area contributed by atoms with Crippen LogP contribution in [0, 0.1) is 5.82 Å². The van der Waals surface area contributed by atoms with Gasteiger partial charge in [-0.3, -0.25) is 10.4 Å². The van der Waals surface area contributed by atoms with Crippen molar-refractivity contribution in [2.75, 3.05) is 13.7 Å². The van der Waals surface area contributed by atoms with Crippen molar-refractivity contribution in [1.82, 2.24) is 5.43 Å². The van der Waals surface area contributed by atoms with Gasteiger partial charge in [0.2, 0.25) is 0 Å². The average Bonchev–Trinajstić information content (AvgIpc) is 2.90. The number of carbonyl (C=O) groups is 1. The predicted molar refractivity (Wildman–Crippen MR) is 113 cm³/mol. The molecule has 0 unspecified atom stereocenters. The lowest BCUT2D eigenvalue weighted by molar-refractivity contribution is -0.132. The van der Waals surface area contributed by atoms with Crippen molar-refractivity contribution in [2.24, 2.45) is 15.1 Å². The summed E-state index contributed by atoms with van der Waals surface area (Å²) in [5, 5.41) is 4.57. The third-order valence-electron chi connectivity index (χ3n) is 4.06. The lowest BCUT2D eigenvalue weighted by atomic mass is 10.0. The number of fused-ring (bicyclic) bond motifs is 1. The van der Waals surface area contributed by atoms with E-state index in [1.54, 1.807) is 12.1 Å². The van der Waals surface area contributed by atoms with Crippen molar-refractivity contribution in [1.29, 1.82) is 0 Å². The van der Waals surface area contributed by atoms with E-state index in [1.165, 1.54) is 25.3 Å². The van der Waals surface area contributed by atoms with Crippen LogP contribution >= 0.6 is 11.6 Å². The van der Waals surface area contributed by atoms with Crippen molar-refractivity contribution in [3.63, 3.8) is 0 Å². The molecule has 8 heteroatoms. The van der Waals surface area contributed by atoms with E-state index in [9.17, 15) is 9.18 Å². The molecule has 0 fully saturated rings. The van der Waals surface area contributed by atoms with Crippen LogP contribution in [0.5, 0.6) is 0 Å². The van der Waals surface area contributed by atoms with Crippen LogP contribution in [-0.2, 0) is 9.53 Å². The van der Waals surface area contributed by atoms with E-state index in [2.05, 4.69) is 27.1 Å². The third-order valence-corrected chi connectivity index (χ3v) is 4.39. The molecule has 0 radical (unpaired) electrons. The van der Waals surface area contributed by atoms with Crippen molar-refractivity contribution in [3.05, 3.63) is 77.1 Å². The number of esters is 1. The Morgan fingerprint density at radius 2 is 2.14 bits per heavy atom. The van der Waals surface area contributed by atoms with Crippen LogP contribution in [0.15, 0.2) is 70.2 Å². The van der Waals surface area contributed by atoms with E-state index in [0.717, 1.165) is 0 Å². The Bertz CT molecular complexity index is 1050. The van der Waals surface area contributed by atoms with E-state index in [1.807, 2.05) is 18.2 Å². The number of hydrogen-bond acceptors (Lipinski definition) is 6. The molecule has 0 bridgehead atoms. The molecule has 3 rings (SSSR count). The molecule has 0 spiro atoms. The molecule has 2 aromatic rings. The Balaban J connectivity index is 2.01. The summed E-state index contributed by atoms with van der Waals surface area (Å²) >= 11 is 6.33. The number of benzene rings is 2. The number of rotatable bonds is 5. The predicted octanol–water partition coefficient (Wildman–Crippen LogP) is 4.05. The summed E-state index contributed by atoms with van der Waals surface area (Å²) in [6.07, 6.45) is 1.76. The number of nitrogens with zero attached hydrogens (tertiary/aromatic N) is 3. The third kappa shape index (κ3) is 4.75. The van der Waals surface area contributed by atoms with Gasteiger partial charge in [-0.25, -0.2) is 14.2 Å². The van der Waals surface area contributed by atoms with Crippen molar-refractivity contribution < 1.29 is 13.9 Å². The number of ether oxygens (including phenoxy) is 1. The minimum absolute atomic E-state index is 0.128. The van der Waals surface area contributed by atoms with Gasteiger partial charge in [0.15, 0.2) is 0 Å². The van der Waals surface area contributed by atoms with E-state index in [4.69, 9.17) is 16.3 Å². The quantitative estimate of drug-likeness (QED) is 0.348. The highest BCUT2D eigenvalue weighted by atomic mass is 35.5. The Kier molecular flexibility index (Phi) is 6.51. The van der Waals surface area contributed by atoms with Gasteiger partial charge in [0.25, 0.3) is 0 Å². The molecule has 0 saturated carbocycles. The van der Waals surface area contributed by atoms with Crippen LogP contribution in [0.25, 0.3) is 0 Å². The molecule has 29 heavy (non-hydrogen) atoms. The summed E-state index contributed by atoms with van der Waals surface area (Å²) < 4.78 is 18.7. The maximum absolute atomic E-state index is 13.9. The first-order valence-corrected chi connectivity index (χ1v) is 9.10. The molecule has 2 aromatic carbocycles. The zero-order valence-corrected chi connectivity index (χ0v) is 16.4. The lowest BCUT2D eigenvalue weighted by Gasteiger charge is -2.10. The number of methoxy groups -OCH3 is 1. The highest BCUT2D eigenvalue weighted by molar-refractivity contribution is 6.37. The molecule has 1 N–H and O–H groups in total. The first-order chi connectivity index (χ1) is 14.0. The van der Waals surface area contributed by atoms with Gasteiger partial charge in [-0.1, -0.05) is 35.9 Å². The van der Waals surface area contributed by atoms with Gasteiger partial charge in [-0.2, -0.15) is 5.10 Å². The van der Waals surface area contributed by atoms with Crippen LogP contribution in [0.4, 0.5) is 10.1 Å².